The van der Waals surface area contributed by atoms with Gasteiger partial charge in [0.2, 0.25) is 5.91 Å². The van der Waals surface area contributed by atoms with Gasteiger partial charge in [-0.15, -0.1) is 0 Å². The van der Waals surface area contributed by atoms with E-state index in [0.29, 0.717) is 0 Å². The molecule has 64 valence electrons. The minimum atomic E-state index is 0.0451. The number of rotatable bonds is 1. The Morgan fingerprint density at radius 3 is 2.82 bits per heavy atom. The first-order valence-corrected chi connectivity index (χ1v) is 4.89. The van der Waals surface area contributed by atoms with Crippen molar-refractivity contribution in [2.75, 3.05) is 32.1 Å². The van der Waals surface area contributed by atoms with E-state index in [1.165, 1.54) is 0 Å². The van der Waals surface area contributed by atoms with E-state index in [2.05, 4.69) is 5.32 Å². The normalized spacial score (nSPS) is 24.7. The van der Waals surface area contributed by atoms with Crippen molar-refractivity contribution in [1.29, 1.82) is 0 Å². The topological polar surface area (TPSA) is 32.3 Å². The number of nitrogens with one attached hydrogen (secondary N) is 1. The van der Waals surface area contributed by atoms with Crippen molar-refractivity contribution in [2.24, 2.45) is 0 Å². The molecule has 1 fully saturated rings. The Morgan fingerprint density at radius 1 is 1.64 bits per heavy atom. The minimum absolute atomic E-state index is 0.0451. The molecule has 1 saturated heterocycles. The number of nitrogens with zero attached hydrogens (tertiary/aromatic N) is 1. The molecule has 4 heteroatoms. The van der Waals surface area contributed by atoms with Gasteiger partial charge < -0.3 is 10.2 Å². The van der Waals surface area contributed by atoms with Crippen molar-refractivity contribution < 1.29 is 4.79 Å². The molecule has 3 nitrogen and oxygen atoms in total. The highest BCUT2D eigenvalue weighted by Crippen LogP contribution is 2.08. The van der Waals surface area contributed by atoms with Crippen LogP contribution in [0.2, 0.25) is 0 Å². The second-order valence-corrected chi connectivity index (χ2v) is 3.96. The van der Waals surface area contributed by atoms with Crippen molar-refractivity contribution in [1.82, 2.24) is 10.2 Å². The Morgan fingerprint density at radius 2 is 2.36 bits per heavy atom. The van der Waals surface area contributed by atoms with Crippen molar-refractivity contribution in [2.45, 2.75) is 6.04 Å². The summed E-state index contributed by atoms with van der Waals surface area (Å²) in [6, 6.07) is 0.0451. The second kappa shape index (κ2) is 3.97. The lowest BCUT2D eigenvalue weighted by Crippen LogP contribution is -2.48. The molecule has 0 radical (unpaired) electrons. The summed E-state index contributed by atoms with van der Waals surface area (Å²) in [4.78, 5) is 13.0. The Labute approximate surface area is 71.5 Å². The zero-order valence-electron chi connectivity index (χ0n) is 6.96. The van der Waals surface area contributed by atoms with Crippen LogP contribution in [0.5, 0.6) is 0 Å². The lowest BCUT2D eigenvalue weighted by atomic mass is 10.3. The van der Waals surface area contributed by atoms with Gasteiger partial charge in [0, 0.05) is 32.1 Å². The Kier molecular flexibility index (Phi) is 3.20. The fraction of sp³-hybridized carbons (Fsp3) is 0.857. The first kappa shape index (κ1) is 8.87. The van der Waals surface area contributed by atoms with E-state index >= 15 is 0 Å². The number of likely N-dealkylation sites (N-methyl/N-ethyl adjacent to an activating group) is 1. The molecule has 0 aliphatic carbocycles. The number of carbonyl (C=O) groups excluding carboxylic acids is 1. The Balaban J connectivity index is 2.39. The van der Waals surface area contributed by atoms with E-state index in [0.717, 1.165) is 18.1 Å². The first-order chi connectivity index (χ1) is 5.22. The van der Waals surface area contributed by atoms with Crippen LogP contribution in [-0.4, -0.2) is 49.0 Å². The number of hydrogen-bond donors (Lipinski definition) is 1. The fourth-order valence-corrected chi connectivity index (χ4v) is 1.96. The molecule has 11 heavy (non-hydrogen) atoms. The summed E-state index contributed by atoms with van der Waals surface area (Å²) in [5.74, 6) is 2.23. The number of hydrogen-bond acceptors (Lipinski definition) is 3. The molecule has 1 unspecified atom stereocenters. The molecule has 0 bridgehead atoms. The van der Waals surface area contributed by atoms with E-state index in [4.69, 9.17) is 0 Å². The van der Waals surface area contributed by atoms with Gasteiger partial charge in [-0.2, -0.15) is 11.8 Å². The van der Waals surface area contributed by atoms with Gasteiger partial charge >= 0.3 is 0 Å². The molecule has 0 spiro atoms. The largest absolute Gasteiger partial charge is 0.347 e. The minimum Gasteiger partial charge on any atom is -0.347 e. The van der Waals surface area contributed by atoms with Crippen LogP contribution in [-0.2, 0) is 4.79 Å². The van der Waals surface area contributed by atoms with Gasteiger partial charge in [-0.3, -0.25) is 4.79 Å². The van der Waals surface area contributed by atoms with Crippen molar-refractivity contribution in [3.63, 3.8) is 0 Å². The molecule has 0 saturated carbocycles. The molecule has 1 atom stereocenters. The Hall–Kier alpha value is -0.220. The van der Waals surface area contributed by atoms with Gasteiger partial charge in [0.05, 0.1) is 6.04 Å². The average molecular weight is 174 g/mol. The van der Waals surface area contributed by atoms with Crippen LogP contribution >= 0.6 is 11.8 Å². The van der Waals surface area contributed by atoms with Crippen LogP contribution in [0.1, 0.15) is 0 Å². The van der Waals surface area contributed by atoms with Gasteiger partial charge in [-0.25, -0.2) is 0 Å². The van der Waals surface area contributed by atoms with Crippen molar-refractivity contribution >= 4 is 17.7 Å². The predicted octanol–water partition coefficient (Wildman–Crippen LogP) is -0.220. The summed E-state index contributed by atoms with van der Waals surface area (Å²) in [5, 5.41) is 3.19. The Bertz CT molecular complexity index is 143. The number of thioether (sulfide) groups is 1. The summed E-state index contributed by atoms with van der Waals surface area (Å²) in [6.45, 7) is 0.953. The molecule has 1 aliphatic heterocycles. The highest BCUT2D eigenvalue weighted by Gasteiger charge is 2.21. The lowest BCUT2D eigenvalue weighted by molar-refractivity contribution is -0.130. The highest BCUT2D eigenvalue weighted by molar-refractivity contribution is 7.99. The smallest absolute Gasteiger partial charge is 0.240 e. The van der Waals surface area contributed by atoms with Crippen LogP contribution in [0.4, 0.5) is 0 Å². The van der Waals surface area contributed by atoms with Gasteiger partial charge in [0.1, 0.15) is 0 Å². The van der Waals surface area contributed by atoms with Gasteiger partial charge in [0.25, 0.3) is 0 Å². The molecule has 0 aromatic carbocycles. The highest BCUT2D eigenvalue weighted by atomic mass is 32.2. The maximum atomic E-state index is 11.3. The van der Waals surface area contributed by atoms with Gasteiger partial charge in [0.15, 0.2) is 0 Å². The third kappa shape index (κ3) is 2.38. The van der Waals surface area contributed by atoms with Crippen LogP contribution in [0, 0.1) is 0 Å². The van der Waals surface area contributed by atoms with E-state index < -0.39 is 0 Å². The van der Waals surface area contributed by atoms with Gasteiger partial charge in [-0.1, -0.05) is 0 Å². The molecule has 0 aromatic rings. The quantitative estimate of drug-likeness (QED) is 0.596. The third-order valence-electron chi connectivity index (χ3n) is 1.66. The summed E-state index contributed by atoms with van der Waals surface area (Å²) in [5.41, 5.74) is 0. The number of carbonyl (C=O) groups is 1. The van der Waals surface area contributed by atoms with E-state index in [1.54, 1.807) is 19.0 Å². The summed E-state index contributed by atoms with van der Waals surface area (Å²) < 4.78 is 0. The zero-order chi connectivity index (χ0) is 8.27. The van der Waals surface area contributed by atoms with Crippen LogP contribution in [0.25, 0.3) is 0 Å². The van der Waals surface area contributed by atoms with Crippen LogP contribution in [0.15, 0.2) is 0 Å². The predicted molar refractivity (Wildman–Crippen MR) is 47.8 cm³/mol. The molecule has 0 aromatic heterocycles. The SMILES string of the molecule is CN(C)C(=O)C1CSCCN1. The summed E-state index contributed by atoms with van der Waals surface area (Å²) in [6.07, 6.45) is 0. The molecule has 1 aliphatic rings. The molecular weight excluding hydrogens is 160 g/mol. The van der Waals surface area contributed by atoms with E-state index in [9.17, 15) is 4.79 Å². The van der Waals surface area contributed by atoms with Crippen LogP contribution < -0.4 is 5.32 Å². The molecule has 1 heterocycles. The lowest BCUT2D eigenvalue weighted by Gasteiger charge is -2.24. The van der Waals surface area contributed by atoms with E-state index in [-0.39, 0.29) is 11.9 Å². The van der Waals surface area contributed by atoms with Crippen molar-refractivity contribution in [3.8, 4) is 0 Å². The maximum Gasteiger partial charge on any atom is 0.240 e. The van der Waals surface area contributed by atoms with Crippen molar-refractivity contribution in [3.05, 3.63) is 0 Å². The monoisotopic (exact) mass is 174 g/mol. The fourth-order valence-electron chi connectivity index (χ4n) is 1.04. The zero-order valence-corrected chi connectivity index (χ0v) is 7.78. The summed E-state index contributed by atoms with van der Waals surface area (Å²) in [7, 11) is 3.59. The average Bonchev–Trinajstić information content (AvgIpc) is 2.05. The van der Waals surface area contributed by atoms with E-state index in [1.807, 2.05) is 11.8 Å². The van der Waals surface area contributed by atoms with Gasteiger partial charge in [-0.05, 0) is 0 Å². The molecular formula is C7H14N2OS. The first-order valence-electron chi connectivity index (χ1n) is 3.74. The molecule has 1 rings (SSSR count). The standard InChI is InChI=1S/C7H14N2OS/c1-9(2)7(10)6-5-11-4-3-8-6/h6,8H,3-5H2,1-2H3. The maximum absolute atomic E-state index is 11.3. The number of amides is 1. The summed E-state index contributed by atoms with van der Waals surface area (Å²) >= 11 is 1.84. The molecule has 1 amide bonds. The molecule has 1 N–H and O–H groups in total. The van der Waals surface area contributed by atoms with Crippen LogP contribution in [0.3, 0.4) is 0 Å². The third-order valence-corrected chi connectivity index (χ3v) is 2.72. The second-order valence-electron chi connectivity index (χ2n) is 2.81.